The molecule has 214 valence electrons. The van der Waals surface area contributed by atoms with Crippen LogP contribution in [0.1, 0.15) is 56.3 Å². The highest BCUT2D eigenvalue weighted by molar-refractivity contribution is 5.93. The minimum atomic E-state index is -2.89. The van der Waals surface area contributed by atoms with Crippen LogP contribution in [0.4, 0.5) is 8.78 Å². The van der Waals surface area contributed by atoms with Gasteiger partial charge in [0.2, 0.25) is 11.8 Å². The number of hydrogen-bond donors (Lipinski definition) is 2. The Bertz CT molecular complexity index is 1240. The molecular formula is C30H36F2N4O4. The first-order chi connectivity index (χ1) is 19.2. The number of rotatable bonds is 7. The fourth-order valence-corrected chi connectivity index (χ4v) is 5.83. The first-order valence-corrected chi connectivity index (χ1v) is 14.0. The highest BCUT2D eigenvalue weighted by Crippen LogP contribution is 2.37. The van der Waals surface area contributed by atoms with Crippen molar-refractivity contribution in [2.75, 3.05) is 26.2 Å². The second-order valence-electron chi connectivity index (χ2n) is 11.0. The summed E-state index contributed by atoms with van der Waals surface area (Å²) in [6, 6.07) is 13.3. The lowest BCUT2D eigenvalue weighted by Crippen LogP contribution is -2.64. The molecule has 0 aromatic heterocycles. The van der Waals surface area contributed by atoms with Crippen LogP contribution in [0.3, 0.4) is 0 Å². The van der Waals surface area contributed by atoms with Gasteiger partial charge in [-0.3, -0.25) is 19.3 Å². The maximum absolute atomic E-state index is 14.4. The molecule has 2 aromatic carbocycles. The molecule has 0 saturated carbocycles. The number of carbonyl (C=O) groups excluding carboxylic acids is 3. The summed E-state index contributed by atoms with van der Waals surface area (Å²) in [6.07, 6.45) is 0.758. The molecule has 0 aliphatic carbocycles. The fraction of sp³-hybridized carbons (Fsp3) is 0.500. The Morgan fingerprint density at radius 2 is 1.80 bits per heavy atom. The molecule has 3 aliphatic heterocycles. The average Bonchev–Trinajstić information content (AvgIpc) is 3.27. The van der Waals surface area contributed by atoms with Crippen molar-refractivity contribution >= 4 is 17.7 Å². The zero-order valence-electron chi connectivity index (χ0n) is 22.8. The van der Waals surface area contributed by atoms with E-state index in [4.69, 9.17) is 4.74 Å². The highest BCUT2D eigenvalue weighted by Gasteiger charge is 2.52. The summed E-state index contributed by atoms with van der Waals surface area (Å²) in [5, 5.41) is 5.93. The van der Waals surface area contributed by atoms with Gasteiger partial charge in [-0.15, -0.1) is 0 Å². The number of alkyl halides is 2. The Balaban J connectivity index is 1.44. The lowest BCUT2D eigenvalue weighted by atomic mass is 9.98. The van der Waals surface area contributed by atoms with Crippen LogP contribution in [0.15, 0.2) is 54.6 Å². The topological polar surface area (TPSA) is 91.0 Å². The number of para-hydroxylation sites is 1. The Kier molecular flexibility index (Phi) is 8.07. The third-order valence-corrected chi connectivity index (χ3v) is 8.26. The Labute approximate surface area is 233 Å². The summed E-state index contributed by atoms with van der Waals surface area (Å²) in [5.74, 6) is -3.71. The number of amides is 3. The summed E-state index contributed by atoms with van der Waals surface area (Å²) in [4.78, 5) is 44.0. The summed E-state index contributed by atoms with van der Waals surface area (Å²) in [5.41, 5.74) is 1.41. The molecule has 5 atom stereocenters. The van der Waals surface area contributed by atoms with Crippen molar-refractivity contribution in [1.29, 1.82) is 0 Å². The van der Waals surface area contributed by atoms with E-state index >= 15 is 0 Å². The molecule has 0 spiro atoms. The van der Waals surface area contributed by atoms with Crippen molar-refractivity contribution in [2.24, 2.45) is 5.92 Å². The van der Waals surface area contributed by atoms with Gasteiger partial charge in [0, 0.05) is 43.5 Å². The molecule has 3 amide bonds. The van der Waals surface area contributed by atoms with Gasteiger partial charge in [0.25, 0.3) is 11.8 Å². The van der Waals surface area contributed by atoms with Crippen molar-refractivity contribution in [2.45, 2.75) is 63.2 Å². The van der Waals surface area contributed by atoms with Crippen LogP contribution in [0, 0.1) is 5.92 Å². The molecule has 8 nitrogen and oxygen atoms in total. The van der Waals surface area contributed by atoms with Gasteiger partial charge in [-0.25, -0.2) is 8.78 Å². The number of piperazine rings is 1. The third-order valence-electron chi connectivity index (χ3n) is 8.26. The van der Waals surface area contributed by atoms with Crippen LogP contribution in [-0.2, 0) is 14.4 Å². The molecule has 40 heavy (non-hydrogen) atoms. The molecule has 3 heterocycles. The van der Waals surface area contributed by atoms with Gasteiger partial charge in [0.1, 0.15) is 17.8 Å². The maximum atomic E-state index is 14.4. The number of nitrogens with zero attached hydrogens (tertiary/aromatic N) is 2. The molecule has 10 heteroatoms. The molecule has 5 rings (SSSR count). The first-order valence-electron chi connectivity index (χ1n) is 14.0. The predicted octanol–water partition coefficient (Wildman–Crippen LogP) is 3.45. The molecule has 0 radical (unpaired) electrons. The van der Waals surface area contributed by atoms with Crippen molar-refractivity contribution in [1.82, 2.24) is 20.4 Å². The number of carbonyl (C=O) groups is 3. The van der Waals surface area contributed by atoms with E-state index in [1.165, 1.54) is 4.90 Å². The zero-order valence-corrected chi connectivity index (χ0v) is 22.8. The average molecular weight is 555 g/mol. The highest BCUT2D eigenvalue weighted by atomic mass is 19.3. The molecular weight excluding hydrogens is 518 g/mol. The van der Waals surface area contributed by atoms with Crippen LogP contribution >= 0.6 is 0 Å². The quantitative estimate of drug-likeness (QED) is 0.547. The Morgan fingerprint density at radius 1 is 1.07 bits per heavy atom. The van der Waals surface area contributed by atoms with Crippen molar-refractivity contribution in [3.8, 4) is 5.75 Å². The van der Waals surface area contributed by atoms with E-state index in [2.05, 4.69) is 10.6 Å². The summed E-state index contributed by atoms with van der Waals surface area (Å²) in [7, 11) is 0. The third kappa shape index (κ3) is 5.82. The summed E-state index contributed by atoms with van der Waals surface area (Å²) < 4.78 is 34.6. The number of fused-ring (bicyclic) bond motifs is 2. The van der Waals surface area contributed by atoms with Crippen molar-refractivity contribution in [3.05, 3.63) is 65.7 Å². The Morgan fingerprint density at radius 3 is 2.55 bits per heavy atom. The van der Waals surface area contributed by atoms with E-state index in [0.29, 0.717) is 30.8 Å². The van der Waals surface area contributed by atoms with Crippen molar-refractivity contribution in [3.63, 3.8) is 0 Å². The minimum Gasteiger partial charge on any atom is -0.493 e. The molecule has 0 bridgehead atoms. The SMILES string of the molecule is CC[C@@H](C)C(=O)N[C@H](C(=O)N1C[C@H]2CC(F)(F)CN2C[C@H]1C(=O)N[C@@H]1CCOc2ccccc21)c1ccccc1. The number of halogens is 2. The van der Waals surface area contributed by atoms with Crippen molar-refractivity contribution < 1.29 is 27.9 Å². The molecule has 2 N–H and O–H groups in total. The van der Waals surface area contributed by atoms with Gasteiger partial charge < -0.3 is 20.3 Å². The van der Waals surface area contributed by atoms with Gasteiger partial charge in [0.15, 0.2) is 0 Å². The number of ether oxygens (including phenoxy) is 1. The van der Waals surface area contributed by atoms with Gasteiger partial charge >= 0.3 is 0 Å². The van der Waals surface area contributed by atoms with Crippen LogP contribution < -0.4 is 15.4 Å². The van der Waals surface area contributed by atoms with Crippen LogP contribution in [0.25, 0.3) is 0 Å². The largest absolute Gasteiger partial charge is 0.493 e. The van der Waals surface area contributed by atoms with Gasteiger partial charge in [-0.05, 0) is 18.1 Å². The van der Waals surface area contributed by atoms with E-state index in [1.54, 1.807) is 36.1 Å². The standard InChI is InChI=1S/C30H36F2N4O4/c1-3-19(2)27(37)34-26(20-9-5-4-6-10-20)29(39)36-16-21-15-30(31,32)18-35(21)17-24(36)28(38)33-23-13-14-40-25-12-8-7-11-22(23)25/h4-12,19,21,23-24,26H,3,13-18H2,1-2H3,(H,33,38)(H,34,37)/t19-,21-,23-,24+,26+/m1/s1. The zero-order chi connectivity index (χ0) is 28.4. The second-order valence-corrected chi connectivity index (χ2v) is 11.0. The summed E-state index contributed by atoms with van der Waals surface area (Å²) in [6.45, 7) is 3.61. The lowest BCUT2D eigenvalue weighted by molar-refractivity contribution is -0.148. The molecule has 2 aromatic rings. The van der Waals surface area contributed by atoms with Gasteiger partial charge in [-0.1, -0.05) is 62.4 Å². The summed E-state index contributed by atoms with van der Waals surface area (Å²) >= 11 is 0. The van der Waals surface area contributed by atoms with E-state index < -0.39 is 42.4 Å². The maximum Gasteiger partial charge on any atom is 0.262 e. The van der Waals surface area contributed by atoms with Crippen LogP contribution in [0.2, 0.25) is 0 Å². The van der Waals surface area contributed by atoms with E-state index in [-0.39, 0.29) is 37.4 Å². The van der Waals surface area contributed by atoms with Gasteiger partial charge in [-0.2, -0.15) is 0 Å². The molecule has 2 fully saturated rings. The number of benzene rings is 2. The van der Waals surface area contributed by atoms with E-state index in [0.717, 1.165) is 5.56 Å². The fourth-order valence-electron chi connectivity index (χ4n) is 5.83. The normalized spacial score (nSPS) is 25.1. The predicted molar refractivity (Wildman–Crippen MR) is 145 cm³/mol. The Hall–Kier alpha value is -3.53. The van der Waals surface area contributed by atoms with E-state index in [9.17, 15) is 23.2 Å². The lowest BCUT2D eigenvalue weighted by Gasteiger charge is -2.44. The first kappa shape index (κ1) is 28.0. The second kappa shape index (κ2) is 11.5. The monoisotopic (exact) mass is 554 g/mol. The number of hydrogen-bond acceptors (Lipinski definition) is 5. The number of nitrogens with one attached hydrogen (secondary N) is 2. The molecule has 0 unspecified atom stereocenters. The molecule has 3 aliphatic rings. The van der Waals surface area contributed by atoms with Gasteiger partial charge in [0.05, 0.1) is 19.2 Å². The smallest absolute Gasteiger partial charge is 0.262 e. The van der Waals surface area contributed by atoms with Crippen LogP contribution in [-0.4, -0.2) is 71.8 Å². The molecule has 2 saturated heterocycles. The minimum absolute atomic E-state index is 0.0104. The van der Waals surface area contributed by atoms with Crippen LogP contribution in [0.5, 0.6) is 5.75 Å². The van der Waals surface area contributed by atoms with E-state index in [1.807, 2.05) is 37.3 Å².